The summed E-state index contributed by atoms with van der Waals surface area (Å²) in [5.74, 6) is -0.662. The minimum absolute atomic E-state index is 0.238. The zero-order valence-corrected chi connectivity index (χ0v) is 11.4. The van der Waals surface area contributed by atoms with E-state index in [2.05, 4.69) is 6.92 Å². The molecular formula is C15H21NO3. The first kappa shape index (κ1) is 15.2. The van der Waals surface area contributed by atoms with Gasteiger partial charge in [-0.2, -0.15) is 0 Å². The van der Waals surface area contributed by atoms with Crippen molar-refractivity contribution < 1.29 is 14.3 Å². The number of carbonyl (C=O) groups is 2. The summed E-state index contributed by atoms with van der Waals surface area (Å²) in [6.07, 6.45) is 5.73. The SMILES string of the molecule is CCCCCCCC(=O)Oc1ccccc1C(N)=O. The lowest BCUT2D eigenvalue weighted by Gasteiger charge is -2.07. The number of hydrogen-bond acceptors (Lipinski definition) is 3. The standard InChI is InChI=1S/C15H21NO3/c1-2-3-4-5-6-11-14(17)19-13-10-8-7-9-12(13)15(16)18/h7-10H,2-6,11H2,1H3,(H2,16,18). The Morgan fingerprint density at radius 1 is 1.11 bits per heavy atom. The molecule has 0 saturated heterocycles. The van der Waals surface area contributed by atoms with Crippen LogP contribution in [0.25, 0.3) is 0 Å². The summed E-state index contributed by atoms with van der Waals surface area (Å²) in [5, 5.41) is 0. The molecule has 0 aliphatic rings. The number of hydrogen-bond donors (Lipinski definition) is 1. The molecule has 0 spiro atoms. The zero-order chi connectivity index (χ0) is 14.1. The Morgan fingerprint density at radius 2 is 1.79 bits per heavy atom. The molecular weight excluding hydrogens is 242 g/mol. The highest BCUT2D eigenvalue weighted by atomic mass is 16.5. The maximum Gasteiger partial charge on any atom is 0.311 e. The largest absolute Gasteiger partial charge is 0.426 e. The van der Waals surface area contributed by atoms with E-state index >= 15 is 0 Å². The van der Waals surface area contributed by atoms with Gasteiger partial charge in [-0.1, -0.05) is 44.7 Å². The number of benzene rings is 1. The average molecular weight is 263 g/mol. The average Bonchev–Trinajstić information content (AvgIpc) is 2.39. The Bertz CT molecular complexity index is 429. The second-order valence-electron chi connectivity index (χ2n) is 4.50. The van der Waals surface area contributed by atoms with Gasteiger partial charge in [0.05, 0.1) is 5.56 Å². The summed E-state index contributed by atoms with van der Waals surface area (Å²) >= 11 is 0. The minimum atomic E-state index is -0.591. The van der Waals surface area contributed by atoms with E-state index in [1.54, 1.807) is 24.3 Å². The number of esters is 1. The van der Waals surface area contributed by atoms with Crippen molar-refractivity contribution in [2.24, 2.45) is 5.73 Å². The van der Waals surface area contributed by atoms with Crippen molar-refractivity contribution in [3.63, 3.8) is 0 Å². The highest BCUT2D eigenvalue weighted by Gasteiger charge is 2.11. The fourth-order valence-electron chi connectivity index (χ4n) is 1.81. The first-order valence-corrected chi connectivity index (χ1v) is 6.74. The van der Waals surface area contributed by atoms with Gasteiger partial charge in [-0.15, -0.1) is 0 Å². The molecule has 4 heteroatoms. The van der Waals surface area contributed by atoms with Crippen LogP contribution in [0.3, 0.4) is 0 Å². The summed E-state index contributed by atoms with van der Waals surface area (Å²) in [4.78, 5) is 22.8. The van der Waals surface area contributed by atoms with Crippen LogP contribution in [-0.2, 0) is 4.79 Å². The fraction of sp³-hybridized carbons (Fsp3) is 0.467. The summed E-state index contributed by atoms with van der Waals surface area (Å²) in [6, 6.07) is 6.51. The van der Waals surface area contributed by atoms with Crippen LogP contribution in [0.5, 0.6) is 5.75 Å². The predicted molar refractivity (Wildman–Crippen MR) is 74.0 cm³/mol. The number of para-hydroxylation sites is 1. The first-order chi connectivity index (χ1) is 9.15. The number of rotatable bonds is 8. The highest BCUT2D eigenvalue weighted by molar-refractivity contribution is 5.96. The number of amides is 1. The van der Waals surface area contributed by atoms with E-state index < -0.39 is 5.91 Å². The van der Waals surface area contributed by atoms with Gasteiger partial charge in [-0.3, -0.25) is 9.59 Å². The number of nitrogens with two attached hydrogens (primary N) is 1. The van der Waals surface area contributed by atoms with Crippen LogP contribution in [0.4, 0.5) is 0 Å². The molecule has 0 fully saturated rings. The zero-order valence-electron chi connectivity index (χ0n) is 11.4. The first-order valence-electron chi connectivity index (χ1n) is 6.74. The molecule has 0 atom stereocenters. The van der Waals surface area contributed by atoms with Gasteiger partial charge >= 0.3 is 5.97 Å². The normalized spacial score (nSPS) is 10.2. The van der Waals surface area contributed by atoms with Gasteiger partial charge in [-0.05, 0) is 18.6 Å². The maximum absolute atomic E-state index is 11.6. The van der Waals surface area contributed by atoms with E-state index in [0.717, 1.165) is 19.3 Å². The van der Waals surface area contributed by atoms with Crippen LogP contribution in [0.2, 0.25) is 0 Å². The summed E-state index contributed by atoms with van der Waals surface area (Å²) in [5.41, 5.74) is 5.45. The Labute approximate surface area is 113 Å². The lowest BCUT2D eigenvalue weighted by Crippen LogP contribution is -2.15. The number of carbonyl (C=O) groups excluding carboxylic acids is 2. The number of ether oxygens (including phenoxy) is 1. The third-order valence-electron chi connectivity index (χ3n) is 2.86. The lowest BCUT2D eigenvalue weighted by atomic mass is 10.1. The molecule has 19 heavy (non-hydrogen) atoms. The van der Waals surface area contributed by atoms with Crippen LogP contribution in [0.1, 0.15) is 55.8 Å². The van der Waals surface area contributed by atoms with Crippen molar-refractivity contribution in [2.75, 3.05) is 0 Å². The lowest BCUT2D eigenvalue weighted by molar-refractivity contribution is -0.134. The van der Waals surface area contributed by atoms with Gasteiger partial charge in [0.15, 0.2) is 0 Å². The molecule has 0 radical (unpaired) electrons. The van der Waals surface area contributed by atoms with Crippen LogP contribution in [-0.4, -0.2) is 11.9 Å². The Hall–Kier alpha value is -1.84. The minimum Gasteiger partial charge on any atom is -0.426 e. The topological polar surface area (TPSA) is 69.4 Å². The molecule has 4 nitrogen and oxygen atoms in total. The van der Waals surface area contributed by atoms with Crippen molar-refractivity contribution in [1.29, 1.82) is 0 Å². The van der Waals surface area contributed by atoms with Gasteiger partial charge in [0.25, 0.3) is 5.91 Å². The third kappa shape index (κ3) is 5.55. The summed E-state index contributed by atoms with van der Waals surface area (Å²) in [6.45, 7) is 2.15. The van der Waals surface area contributed by atoms with Crippen LogP contribution in [0, 0.1) is 0 Å². The van der Waals surface area contributed by atoms with Gasteiger partial charge in [-0.25, -0.2) is 0 Å². The van der Waals surface area contributed by atoms with Gasteiger partial charge in [0, 0.05) is 6.42 Å². The number of unbranched alkanes of at least 4 members (excludes halogenated alkanes) is 4. The molecule has 0 aromatic heterocycles. The molecule has 0 saturated carbocycles. The maximum atomic E-state index is 11.6. The van der Waals surface area contributed by atoms with E-state index in [4.69, 9.17) is 10.5 Å². The molecule has 1 aromatic carbocycles. The Morgan fingerprint density at radius 3 is 2.47 bits per heavy atom. The third-order valence-corrected chi connectivity index (χ3v) is 2.86. The molecule has 0 bridgehead atoms. The van der Waals surface area contributed by atoms with Crippen LogP contribution >= 0.6 is 0 Å². The van der Waals surface area contributed by atoms with Crippen molar-refractivity contribution >= 4 is 11.9 Å². The predicted octanol–water partition coefficient (Wildman–Crippen LogP) is 3.05. The Balaban J connectivity index is 2.42. The quantitative estimate of drug-likeness (QED) is 0.445. The van der Waals surface area contributed by atoms with Crippen molar-refractivity contribution in [3.8, 4) is 5.75 Å². The van der Waals surface area contributed by atoms with Crippen molar-refractivity contribution in [1.82, 2.24) is 0 Å². The monoisotopic (exact) mass is 263 g/mol. The van der Waals surface area contributed by atoms with Crippen LogP contribution < -0.4 is 10.5 Å². The van der Waals surface area contributed by atoms with E-state index in [1.165, 1.54) is 12.8 Å². The molecule has 2 N–H and O–H groups in total. The summed E-state index contributed by atoms with van der Waals surface area (Å²) < 4.78 is 5.17. The number of primary amides is 1. The summed E-state index contributed by atoms with van der Waals surface area (Å²) in [7, 11) is 0. The second-order valence-corrected chi connectivity index (χ2v) is 4.50. The van der Waals surface area contributed by atoms with Crippen molar-refractivity contribution in [2.45, 2.75) is 45.4 Å². The molecule has 1 amide bonds. The second kappa shape index (κ2) is 8.29. The fourth-order valence-corrected chi connectivity index (χ4v) is 1.81. The van der Waals surface area contributed by atoms with E-state index in [1.807, 2.05) is 0 Å². The molecule has 0 unspecified atom stereocenters. The van der Waals surface area contributed by atoms with E-state index in [9.17, 15) is 9.59 Å². The molecule has 0 heterocycles. The van der Waals surface area contributed by atoms with Crippen molar-refractivity contribution in [3.05, 3.63) is 29.8 Å². The van der Waals surface area contributed by atoms with Gasteiger partial charge in [0.1, 0.15) is 5.75 Å². The molecule has 1 aromatic rings. The Kier molecular flexibility index (Phi) is 6.64. The van der Waals surface area contributed by atoms with E-state index in [0.29, 0.717) is 6.42 Å². The molecule has 1 rings (SSSR count). The molecule has 0 aliphatic carbocycles. The molecule has 104 valence electrons. The highest BCUT2D eigenvalue weighted by Crippen LogP contribution is 2.18. The van der Waals surface area contributed by atoms with Gasteiger partial charge in [0.2, 0.25) is 0 Å². The smallest absolute Gasteiger partial charge is 0.311 e. The van der Waals surface area contributed by atoms with E-state index in [-0.39, 0.29) is 17.3 Å². The van der Waals surface area contributed by atoms with Crippen LogP contribution in [0.15, 0.2) is 24.3 Å². The van der Waals surface area contributed by atoms with Gasteiger partial charge < -0.3 is 10.5 Å². The molecule has 0 aliphatic heterocycles.